The van der Waals surface area contributed by atoms with E-state index in [1.165, 1.54) is 8.92 Å². The van der Waals surface area contributed by atoms with Crippen molar-refractivity contribution in [1.29, 1.82) is 0 Å². The summed E-state index contributed by atoms with van der Waals surface area (Å²) in [6.07, 6.45) is 0. The van der Waals surface area contributed by atoms with Gasteiger partial charge in [0.05, 0.1) is 0 Å². The second-order valence-corrected chi connectivity index (χ2v) is 16.2. The molecule has 2 aromatic rings. The molecule has 0 saturated carbocycles. The van der Waals surface area contributed by atoms with Crippen molar-refractivity contribution in [2.45, 2.75) is 0 Å². The third-order valence-electron chi connectivity index (χ3n) is 1.49. The maximum absolute atomic E-state index is 3.77. The standard InChI is InChI=1S/2C6H5Se.2C4H10P.2Au/c2*7-6-4-2-1-3-5-6;2*1-5(2,3)4;;/h2*1-5H;2*1-2H2,3-4H3;;/q;;2*-1;2*+1. The van der Waals surface area contributed by atoms with E-state index in [1.54, 1.807) is 0 Å². The molecule has 2 radical (unpaired) electrons. The van der Waals surface area contributed by atoms with Gasteiger partial charge < -0.3 is 0 Å². The Morgan fingerprint density at radius 1 is 0.538 bits per heavy atom. The van der Waals surface area contributed by atoms with Gasteiger partial charge in [-0.3, -0.25) is 14.5 Å². The Morgan fingerprint density at radius 2 is 0.692 bits per heavy atom. The monoisotopic (exact) mass is 886 g/mol. The molecule has 0 spiro atoms. The van der Waals surface area contributed by atoms with Gasteiger partial charge in [-0.25, -0.2) is 26.7 Å². The summed E-state index contributed by atoms with van der Waals surface area (Å²) in [5, 5.41) is 0. The molecule has 0 fully saturated rings. The zero-order chi connectivity index (χ0) is 19.2. The van der Waals surface area contributed by atoms with Gasteiger partial charge in [-0.2, -0.15) is 0 Å². The van der Waals surface area contributed by atoms with Crippen molar-refractivity contribution in [2.24, 2.45) is 0 Å². The fourth-order valence-corrected chi connectivity index (χ4v) is 1.50. The van der Waals surface area contributed by atoms with E-state index in [9.17, 15) is 0 Å². The fraction of sp³-hybridized carbons (Fsp3) is 0.200. The number of benzene rings is 2. The van der Waals surface area contributed by atoms with Gasteiger partial charge in [-0.1, -0.05) is 0 Å². The van der Waals surface area contributed by atoms with Crippen molar-refractivity contribution in [3.8, 4) is 0 Å². The van der Waals surface area contributed by atoms with Gasteiger partial charge in [-0.05, 0) is 26.7 Å². The van der Waals surface area contributed by atoms with E-state index < -0.39 is 14.5 Å². The van der Waals surface area contributed by atoms with Crippen LogP contribution in [0.25, 0.3) is 0 Å². The van der Waals surface area contributed by atoms with Gasteiger partial charge in [0.1, 0.15) is 0 Å². The molecule has 0 aliphatic carbocycles. The van der Waals surface area contributed by atoms with Crippen molar-refractivity contribution in [1.82, 2.24) is 0 Å². The van der Waals surface area contributed by atoms with Gasteiger partial charge >= 0.3 is 146 Å². The van der Waals surface area contributed by atoms with Crippen LogP contribution in [0.4, 0.5) is 0 Å². The minimum absolute atomic E-state index is 0. The molecule has 6 heteroatoms. The molecule has 0 atom stereocenters. The van der Waals surface area contributed by atoms with Gasteiger partial charge in [-0.15, -0.1) is 0 Å². The topological polar surface area (TPSA) is 0 Å². The fourth-order valence-electron chi connectivity index (χ4n) is 0.841. The Balaban J connectivity index is -0.000000123. The molecular weight excluding hydrogens is 854 g/mol. The van der Waals surface area contributed by atoms with Crippen LogP contribution in [0, 0.1) is 26.7 Å². The molecule has 0 nitrogen and oxygen atoms in total. The Morgan fingerprint density at radius 3 is 0.769 bits per heavy atom. The van der Waals surface area contributed by atoms with Gasteiger partial charge in [0.15, 0.2) is 0 Å². The number of rotatable bonds is 0. The van der Waals surface area contributed by atoms with Gasteiger partial charge in [0.25, 0.3) is 0 Å². The van der Waals surface area contributed by atoms with Crippen LogP contribution in [0.15, 0.2) is 60.7 Å². The molecule has 0 heterocycles. The van der Waals surface area contributed by atoms with E-state index >= 15 is 0 Å². The molecule has 0 amide bonds. The van der Waals surface area contributed by atoms with E-state index in [-0.39, 0.29) is 44.8 Å². The first kappa shape index (κ1) is 35.3. The van der Waals surface area contributed by atoms with Crippen molar-refractivity contribution >= 4 is 55.5 Å². The third-order valence-corrected chi connectivity index (χ3v) is 2.63. The second-order valence-electron chi connectivity index (χ2n) is 6.50. The average molecular weight is 884 g/mol. The first-order valence-electron chi connectivity index (χ1n) is 7.28. The van der Waals surface area contributed by atoms with Gasteiger partial charge in [0.2, 0.25) is 0 Å². The predicted octanol–water partition coefficient (Wildman–Crippen LogP) is 4.65. The molecule has 0 aliphatic heterocycles. The van der Waals surface area contributed by atoms with Crippen LogP contribution in [-0.4, -0.2) is 58.7 Å². The second kappa shape index (κ2) is 20.1. The van der Waals surface area contributed by atoms with Crippen LogP contribution in [0.2, 0.25) is 0 Å². The normalized spacial score (nSPS) is 9.23. The van der Waals surface area contributed by atoms with Crippen molar-refractivity contribution in [3.05, 3.63) is 87.3 Å². The van der Waals surface area contributed by atoms with Gasteiger partial charge in [0, 0.05) is 0 Å². The molecule has 26 heavy (non-hydrogen) atoms. The molecule has 2 aromatic carbocycles. The Bertz CT molecular complexity index is 449. The van der Waals surface area contributed by atoms with Crippen LogP contribution in [0.1, 0.15) is 0 Å². The summed E-state index contributed by atoms with van der Waals surface area (Å²) in [5.41, 5.74) is 0. The molecule has 0 aromatic heterocycles. The number of hydrogen-bond acceptors (Lipinski definition) is 0. The molecule has 0 N–H and O–H groups in total. The van der Waals surface area contributed by atoms with Crippen molar-refractivity contribution < 1.29 is 44.8 Å². The van der Waals surface area contributed by atoms with Crippen LogP contribution in [0.3, 0.4) is 0 Å². The zero-order valence-electron chi connectivity index (χ0n) is 15.9. The molecule has 2 rings (SSSR count). The van der Waals surface area contributed by atoms with E-state index in [2.05, 4.69) is 85.3 Å². The van der Waals surface area contributed by atoms with Crippen molar-refractivity contribution in [3.63, 3.8) is 0 Å². The summed E-state index contributed by atoms with van der Waals surface area (Å²) in [7, 11) is -1.78. The zero-order valence-corrected chi connectivity index (χ0v) is 25.5. The van der Waals surface area contributed by atoms with Crippen molar-refractivity contribution in [2.75, 3.05) is 26.7 Å². The molecule has 154 valence electrons. The van der Waals surface area contributed by atoms with E-state index in [0.717, 1.165) is 0 Å². The molecule has 0 bridgehead atoms. The predicted molar refractivity (Wildman–Crippen MR) is 123 cm³/mol. The Kier molecular flexibility index (Phi) is 27.3. The van der Waals surface area contributed by atoms with Crippen LogP contribution in [-0.2, 0) is 44.8 Å². The van der Waals surface area contributed by atoms with E-state index in [1.807, 2.05) is 60.7 Å². The first-order valence-corrected chi connectivity index (χ1v) is 15.1. The van der Waals surface area contributed by atoms with Crippen LogP contribution >= 0.6 is 14.5 Å². The Hall–Kier alpha value is 1.82. The molecule has 0 aliphatic rings. The summed E-state index contributed by atoms with van der Waals surface area (Å²) in [5.74, 6) is 0. The Labute approximate surface area is 212 Å². The quantitative estimate of drug-likeness (QED) is 0.206. The third kappa shape index (κ3) is 50.1. The SMILES string of the molecule is [Au+].[Au+].[CH2-][P+]([CH2-])(C)C.[CH2-][P+]([CH2-])(C)C.[Se]c1ccccc1.[Se]c1ccccc1. The van der Waals surface area contributed by atoms with E-state index in [0.29, 0.717) is 0 Å². The maximum atomic E-state index is 3.77. The molecular formula is C20H30Au2P2Se2. The van der Waals surface area contributed by atoms with E-state index in [4.69, 9.17) is 0 Å². The summed E-state index contributed by atoms with van der Waals surface area (Å²) < 4.78 is 2.39. The number of hydrogen-bond donors (Lipinski definition) is 0. The summed E-state index contributed by atoms with van der Waals surface area (Å²) in [6, 6.07) is 20.1. The molecule has 0 unspecified atom stereocenters. The first-order chi connectivity index (χ1) is 10.8. The van der Waals surface area contributed by atoms with Crippen LogP contribution in [0.5, 0.6) is 0 Å². The summed E-state index contributed by atoms with van der Waals surface area (Å²) >= 11 is 5.80. The van der Waals surface area contributed by atoms with Crippen LogP contribution < -0.4 is 8.92 Å². The average Bonchev–Trinajstić information content (AvgIpc) is 2.37. The molecule has 0 saturated heterocycles. The summed E-state index contributed by atoms with van der Waals surface area (Å²) in [6.45, 7) is 23.4. The minimum atomic E-state index is -0.889. The summed E-state index contributed by atoms with van der Waals surface area (Å²) in [4.78, 5) is 0.